The largest absolute Gasteiger partial charge is 0.319 e. The molecule has 0 radical (unpaired) electrons. The van der Waals surface area contributed by atoms with Crippen LogP contribution in [0.25, 0.3) is 153 Å². The van der Waals surface area contributed by atoms with E-state index >= 15 is 0 Å². The number of rotatable bonds is 8. The molecule has 4 heterocycles. The maximum absolute atomic E-state index is 11.0. The quantitative estimate of drug-likeness (QED) is 0.142. The van der Waals surface area contributed by atoms with Gasteiger partial charge in [-0.25, -0.2) is 24.5 Å². The summed E-state index contributed by atoms with van der Waals surface area (Å²) in [5, 5.41) is 17.8. The minimum atomic E-state index is 0.403. The summed E-state index contributed by atoms with van der Waals surface area (Å²) in [5.74, 6) is 0.403. The van der Waals surface area contributed by atoms with E-state index in [1.165, 1.54) is 21.5 Å². The van der Waals surface area contributed by atoms with Gasteiger partial charge in [-0.3, -0.25) is 0 Å². The third kappa shape index (κ3) is 7.74. The lowest BCUT2D eigenvalue weighted by Gasteiger charge is -2.15. The molecule has 0 aliphatic carbocycles. The predicted molar refractivity (Wildman–Crippen MR) is 336 cm³/mol. The summed E-state index contributed by atoms with van der Waals surface area (Å²) in [7, 11) is 0. The Morgan fingerprint density at radius 3 is 1.23 bits per heavy atom. The van der Waals surface area contributed by atoms with Crippen LogP contribution in [0.1, 0.15) is 5.56 Å². The Hall–Kier alpha value is -12.1. The first-order valence-electron chi connectivity index (χ1n) is 27.0. The standard InChI is InChI=1S/C74H41N9/c1-76-62-22-10-4-20-57(62)65-44-64(79-74(80-65)58-21-5-11-23-63(58)77-2)49-34-30-47(31-35-49)46-28-32-48(33-29-46)59-43-66(78-3)73(40-50(59)45-75)83-71-38-36-51(81-67-24-12-6-16-53(67)54-17-7-13-25-68(54)81)41-60(71)61-42-52(37-39-72(61)83)82-69-26-14-8-18-55(69)56-19-9-15-27-70(56)82/h4-44H. The van der Waals surface area contributed by atoms with Crippen LogP contribution >= 0.6 is 0 Å². The van der Waals surface area contributed by atoms with Crippen molar-refractivity contribution in [2.24, 2.45) is 0 Å². The molecule has 0 fully saturated rings. The normalized spacial score (nSPS) is 11.3. The zero-order valence-corrected chi connectivity index (χ0v) is 44.2. The van der Waals surface area contributed by atoms with Crippen LogP contribution in [0.15, 0.2) is 249 Å². The molecule has 0 aliphatic heterocycles. The fourth-order valence-electron chi connectivity index (χ4n) is 12.2. The summed E-state index contributed by atoms with van der Waals surface area (Å²) in [4.78, 5) is 21.6. The Morgan fingerprint density at radius 1 is 0.325 bits per heavy atom. The second-order valence-electron chi connectivity index (χ2n) is 20.5. The molecule has 0 bridgehead atoms. The van der Waals surface area contributed by atoms with Crippen LogP contribution in [-0.4, -0.2) is 23.7 Å². The molecule has 382 valence electrons. The van der Waals surface area contributed by atoms with Crippen molar-refractivity contribution in [3.05, 3.63) is 289 Å². The third-order valence-electron chi connectivity index (χ3n) is 16.0. The van der Waals surface area contributed by atoms with Gasteiger partial charge in [0.1, 0.15) is 5.82 Å². The highest BCUT2D eigenvalue weighted by Crippen LogP contribution is 2.44. The second-order valence-corrected chi connectivity index (χ2v) is 20.5. The van der Waals surface area contributed by atoms with E-state index in [9.17, 15) is 5.26 Å². The lowest BCUT2D eigenvalue weighted by molar-refractivity contribution is 1.16. The van der Waals surface area contributed by atoms with Crippen molar-refractivity contribution in [3.63, 3.8) is 0 Å². The third-order valence-corrected chi connectivity index (χ3v) is 16.0. The van der Waals surface area contributed by atoms with Crippen molar-refractivity contribution in [3.8, 4) is 79.3 Å². The molecule has 0 aliphatic rings. The van der Waals surface area contributed by atoms with E-state index in [4.69, 9.17) is 29.7 Å². The Labute approximate surface area is 476 Å². The maximum Gasteiger partial charge on any atom is 0.211 e. The minimum Gasteiger partial charge on any atom is -0.319 e. The molecule has 9 nitrogen and oxygen atoms in total. The molecule has 0 saturated carbocycles. The van der Waals surface area contributed by atoms with Crippen LogP contribution in [0.5, 0.6) is 0 Å². The van der Waals surface area contributed by atoms with Crippen molar-refractivity contribution in [2.75, 3.05) is 0 Å². The molecule has 9 heteroatoms. The Balaban J connectivity index is 0.828. The molecule has 15 rings (SSSR count). The van der Waals surface area contributed by atoms with E-state index in [0.29, 0.717) is 62.2 Å². The number of hydrogen-bond acceptors (Lipinski definition) is 3. The van der Waals surface area contributed by atoms with Gasteiger partial charge in [-0.15, -0.1) is 0 Å². The molecule has 83 heavy (non-hydrogen) atoms. The van der Waals surface area contributed by atoms with Crippen LogP contribution in [0.2, 0.25) is 0 Å². The van der Waals surface area contributed by atoms with Crippen molar-refractivity contribution >= 4 is 82.5 Å². The number of para-hydroxylation sites is 6. The topological polar surface area (TPSA) is 77.4 Å². The SMILES string of the molecule is [C-]#[N+]c1ccccc1-c1cc(-c2ccc(-c3ccc(-c4cc([N+]#[C-])c(-n5c6ccc(-n7c8ccccc8c8ccccc87)cc6c6cc(-n7c8ccccc8c8ccccc87)ccc65)cc4C#N)cc3)cc2)nc(-c2ccccc2[N+]#[C-])n1. The molecular formula is C74H41N9. The van der Waals surface area contributed by atoms with E-state index in [0.717, 1.165) is 77.5 Å². The van der Waals surface area contributed by atoms with E-state index in [1.807, 2.05) is 103 Å². The number of nitriles is 1. The molecule has 0 saturated heterocycles. The molecule has 4 aromatic heterocycles. The highest BCUT2D eigenvalue weighted by atomic mass is 15.0. The van der Waals surface area contributed by atoms with Gasteiger partial charge in [0.05, 0.1) is 81.5 Å². The first-order chi connectivity index (χ1) is 41.0. The van der Waals surface area contributed by atoms with Gasteiger partial charge in [-0.2, -0.15) is 5.26 Å². The lowest BCUT2D eigenvalue weighted by Crippen LogP contribution is -1.98. The van der Waals surface area contributed by atoms with Gasteiger partial charge in [0.15, 0.2) is 11.4 Å². The average Bonchev–Trinajstić information content (AvgIpc) is 2.69. The molecule has 0 unspecified atom stereocenters. The number of benzene rings is 11. The van der Waals surface area contributed by atoms with E-state index in [-0.39, 0.29) is 0 Å². The van der Waals surface area contributed by atoms with E-state index in [1.54, 1.807) is 12.1 Å². The monoisotopic (exact) mass is 1060 g/mol. The Kier molecular flexibility index (Phi) is 11.2. The fourth-order valence-corrected chi connectivity index (χ4v) is 12.2. The minimum absolute atomic E-state index is 0.403. The highest BCUT2D eigenvalue weighted by molar-refractivity contribution is 6.14. The van der Waals surface area contributed by atoms with Gasteiger partial charge in [-0.1, -0.05) is 170 Å². The van der Waals surface area contributed by atoms with Gasteiger partial charge in [0, 0.05) is 60.4 Å². The van der Waals surface area contributed by atoms with Crippen LogP contribution in [0.4, 0.5) is 17.1 Å². The molecular weight excluding hydrogens is 1010 g/mol. The summed E-state index contributed by atoms with van der Waals surface area (Å²) in [6, 6.07) is 86.3. The summed E-state index contributed by atoms with van der Waals surface area (Å²) >= 11 is 0. The van der Waals surface area contributed by atoms with E-state index < -0.39 is 0 Å². The number of aromatic nitrogens is 5. The van der Waals surface area contributed by atoms with Crippen LogP contribution in [-0.2, 0) is 0 Å². The van der Waals surface area contributed by atoms with E-state index in [2.05, 4.69) is 168 Å². The van der Waals surface area contributed by atoms with Gasteiger partial charge in [0.2, 0.25) is 5.69 Å². The average molecular weight is 1060 g/mol. The predicted octanol–water partition coefficient (Wildman–Crippen LogP) is 19.6. The van der Waals surface area contributed by atoms with Crippen LogP contribution in [0, 0.1) is 31.0 Å². The smallest absolute Gasteiger partial charge is 0.211 e. The number of fused-ring (bicyclic) bond motifs is 9. The fraction of sp³-hybridized carbons (Fsp3) is 0. The summed E-state index contributed by atoms with van der Waals surface area (Å²) in [6.07, 6.45) is 0. The molecule has 0 spiro atoms. The van der Waals surface area contributed by atoms with Crippen LogP contribution < -0.4 is 0 Å². The van der Waals surface area contributed by atoms with Crippen molar-refractivity contribution in [1.29, 1.82) is 5.26 Å². The summed E-state index contributed by atoms with van der Waals surface area (Å²) < 4.78 is 6.83. The first-order valence-corrected chi connectivity index (χ1v) is 27.0. The van der Waals surface area contributed by atoms with Gasteiger partial charge < -0.3 is 13.7 Å². The van der Waals surface area contributed by atoms with Gasteiger partial charge >= 0.3 is 0 Å². The Bertz CT molecular complexity index is 5020. The second kappa shape index (κ2) is 19.3. The summed E-state index contributed by atoms with van der Waals surface area (Å²) in [6.45, 7) is 24.4. The maximum atomic E-state index is 11.0. The van der Waals surface area contributed by atoms with Crippen molar-refractivity contribution < 1.29 is 0 Å². The molecule has 0 amide bonds. The molecule has 15 aromatic rings. The summed E-state index contributed by atoms with van der Waals surface area (Å²) in [5.41, 5.74) is 17.5. The van der Waals surface area contributed by atoms with Crippen LogP contribution in [0.3, 0.4) is 0 Å². The zero-order valence-electron chi connectivity index (χ0n) is 44.2. The molecule has 11 aromatic carbocycles. The highest BCUT2D eigenvalue weighted by Gasteiger charge is 2.23. The molecule has 0 atom stereocenters. The van der Waals surface area contributed by atoms with Crippen molar-refractivity contribution in [1.82, 2.24) is 23.7 Å². The first kappa shape index (κ1) is 48.0. The Morgan fingerprint density at radius 2 is 0.735 bits per heavy atom. The van der Waals surface area contributed by atoms with Gasteiger partial charge in [-0.05, 0) is 101 Å². The van der Waals surface area contributed by atoms with Gasteiger partial charge in [0.25, 0.3) is 0 Å². The van der Waals surface area contributed by atoms with Crippen molar-refractivity contribution in [2.45, 2.75) is 0 Å². The number of nitrogens with zero attached hydrogens (tertiary/aromatic N) is 9. The zero-order chi connectivity index (χ0) is 55.7. The number of hydrogen-bond donors (Lipinski definition) is 0. The lowest BCUT2D eigenvalue weighted by atomic mass is 9.95. The molecule has 0 N–H and O–H groups in total.